The van der Waals surface area contributed by atoms with Gasteiger partial charge in [-0.1, -0.05) is 35.3 Å². The Morgan fingerprint density at radius 2 is 1.68 bits per heavy atom. The first-order chi connectivity index (χ1) is 11.9. The first-order valence-corrected chi connectivity index (χ1v) is 8.68. The van der Waals surface area contributed by atoms with E-state index in [1.807, 2.05) is 31.2 Å². The number of hydrogen-bond donors (Lipinski definition) is 1. The van der Waals surface area contributed by atoms with E-state index in [0.717, 1.165) is 16.8 Å². The van der Waals surface area contributed by atoms with Crippen LogP contribution in [0.3, 0.4) is 0 Å². The molecule has 0 aliphatic carbocycles. The van der Waals surface area contributed by atoms with Crippen molar-refractivity contribution >= 4 is 40.7 Å². The number of nitrogens with one attached hydrogen (secondary N) is 1. The molecule has 0 radical (unpaired) electrons. The quantitative estimate of drug-likeness (QED) is 0.825. The Morgan fingerprint density at radius 1 is 1.04 bits per heavy atom. The van der Waals surface area contributed by atoms with Gasteiger partial charge in [0.2, 0.25) is 11.8 Å². The van der Waals surface area contributed by atoms with Crippen LogP contribution in [0.1, 0.15) is 18.1 Å². The lowest BCUT2D eigenvalue weighted by atomic mass is 10.1. The van der Waals surface area contributed by atoms with Gasteiger partial charge in [0.05, 0.1) is 6.42 Å². The zero-order valence-corrected chi connectivity index (χ0v) is 15.7. The molecule has 0 saturated heterocycles. The fourth-order valence-corrected chi connectivity index (χ4v) is 2.88. The van der Waals surface area contributed by atoms with E-state index >= 15 is 0 Å². The van der Waals surface area contributed by atoms with Crippen molar-refractivity contribution in [1.29, 1.82) is 0 Å². The standard InChI is InChI=1S/C19H20Cl2N2O2/c1-13-11-17(21)7-8-18(13)23(14(2)24)10-9-22-19(25)12-15-3-5-16(20)6-4-15/h3-8,11H,9-10,12H2,1-2H3,(H,22,25). The molecule has 0 heterocycles. The van der Waals surface area contributed by atoms with Gasteiger partial charge in [0.15, 0.2) is 0 Å². The van der Waals surface area contributed by atoms with Gasteiger partial charge in [-0.2, -0.15) is 0 Å². The summed E-state index contributed by atoms with van der Waals surface area (Å²) < 4.78 is 0. The Hall–Kier alpha value is -2.04. The van der Waals surface area contributed by atoms with Gasteiger partial charge in [-0.25, -0.2) is 0 Å². The molecule has 132 valence electrons. The lowest BCUT2D eigenvalue weighted by Crippen LogP contribution is -2.38. The molecule has 0 aromatic heterocycles. The number of nitrogens with zero attached hydrogens (tertiary/aromatic N) is 1. The zero-order chi connectivity index (χ0) is 18.4. The molecule has 2 rings (SSSR count). The Labute approximate surface area is 157 Å². The molecule has 0 aliphatic rings. The van der Waals surface area contributed by atoms with Crippen LogP contribution in [0.4, 0.5) is 5.69 Å². The SMILES string of the molecule is CC(=O)N(CCNC(=O)Cc1ccc(Cl)cc1)c1ccc(Cl)cc1C. The summed E-state index contributed by atoms with van der Waals surface area (Å²) in [5.41, 5.74) is 2.60. The van der Waals surface area contributed by atoms with E-state index in [4.69, 9.17) is 23.2 Å². The highest BCUT2D eigenvalue weighted by molar-refractivity contribution is 6.31. The zero-order valence-electron chi connectivity index (χ0n) is 14.2. The molecule has 2 aromatic rings. The summed E-state index contributed by atoms with van der Waals surface area (Å²) in [4.78, 5) is 25.6. The Balaban J connectivity index is 1.92. The maximum atomic E-state index is 12.0. The first kappa shape index (κ1) is 19.3. The lowest BCUT2D eigenvalue weighted by Gasteiger charge is -2.23. The summed E-state index contributed by atoms with van der Waals surface area (Å²) in [5, 5.41) is 4.10. The molecule has 0 atom stereocenters. The van der Waals surface area contributed by atoms with E-state index in [2.05, 4.69) is 5.32 Å². The fraction of sp³-hybridized carbons (Fsp3) is 0.263. The van der Waals surface area contributed by atoms with Crippen molar-refractivity contribution in [3.05, 3.63) is 63.6 Å². The van der Waals surface area contributed by atoms with E-state index in [-0.39, 0.29) is 18.2 Å². The second kappa shape index (κ2) is 8.88. The fourth-order valence-electron chi connectivity index (χ4n) is 2.53. The van der Waals surface area contributed by atoms with Crippen LogP contribution < -0.4 is 10.2 Å². The predicted octanol–water partition coefficient (Wildman–Crippen LogP) is 4.01. The highest BCUT2D eigenvalue weighted by atomic mass is 35.5. The number of anilines is 1. The molecule has 25 heavy (non-hydrogen) atoms. The van der Waals surface area contributed by atoms with Crippen molar-refractivity contribution in [1.82, 2.24) is 5.32 Å². The van der Waals surface area contributed by atoms with Gasteiger partial charge in [-0.3, -0.25) is 9.59 Å². The third kappa shape index (κ3) is 5.76. The van der Waals surface area contributed by atoms with Gasteiger partial charge in [0.1, 0.15) is 0 Å². The second-order valence-electron chi connectivity index (χ2n) is 5.75. The minimum atomic E-state index is -0.0985. The molecule has 2 aromatic carbocycles. The van der Waals surface area contributed by atoms with Crippen LogP contribution in [0.2, 0.25) is 10.0 Å². The minimum Gasteiger partial charge on any atom is -0.354 e. The largest absolute Gasteiger partial charge is 0.354 e. The van der Waals surface area contributed by atoms with Crippen LogP contribution in [0, 0.1) is 6.92 Å². The van der Waals surface area contributed by atoms with E-state index in [1.165, 1.54) is 6.92 Å². The number of amides is 2. The average Bonchev–Trinajstić information content (AvgIpc) is 2.54. The number of carbonyl (C=O) groups excluding carboxylic acids is 2. The minimum absolute atomic E-state index is 0.0858. The van der Waals surface area contributed by atoms with Crippen LogP contribution in [0.5, 0.6) is 0 Å². The van der Waals surface area contributed by atoms with E-state index < -0.39 is 0 Å². The Morgan fingerprint density at radius 3 is 2.28 bits per heavy atom. The van der Waals surface area contributed by atoms with Crippen molar-refractivity contribution in [3.8, 4) is 0 Å². The van der Waals surface area contributed by atoms with Gasteiger partial charge in [0, 0.05) is 35.7 Å². The molecular weight excluding hydrogens is 359 g/mol. The van der Waals surface area contributed by atoms with Crippen LogP contribution in [0.15, 0.2) is 42.5 Å². The van der Waals surface area contributed by atoms with Gasteiger partial charge >= 0.3 is 0 Å². The molecule has 0 saturated carbocycles. The van der Waals surface area contributed by atoms with Crippen LogP contribution in [-0.4, -0.2) is 24.9 Å². The molecule has 0 fully saturated rings. The first-order valence-electron chi connectivity index (χ1n) is 7.92. The third-order valence-corrected chi connectivity index (χ3v) is 4.25. The number of benzene rings is 2. The summed E-state index contributed by atoms with van der Waals surface area (Å²) in [7, 11) is 0. The monoisotopic (exact) mass is 378 g/mol. The van der Waals surface area contributed by atoms with Gasteiger partial charge in [-0.05, 0) is 48.4 Å². The van der Waals surface area contributed by atoms with Crippen molar-refractivity contribution < 1.29 is 9.59 Å². The van der Waals surface area contributed by atoms with Gasteiger partial charge in [0.25, 0.3) is 0 Å². The lowest BCUT2D eigenvalue weighted by molar-refractivity contribution is -0.121. The van der Waals surface area contributed by atoms with Crippen molar-refractivity contribution in [2.75, 3.05) is 18.0 Å². The predicted molar refractivity (Wildman–Crippen MR) is 102 cm³/mol. The van der Waals surface area contributed by atoms with Gasteiger partial charge in [-0.15, -0.1) is 0 Å². The maximum Gasteiger partial charge on any atom is 0.224 e. The summed E-state index contributed by atoms with van der Waals surface area (Å²) in [6, 6.07) is 12.5. The van der Waals surface area contributed by atoms with Gasteiger partial charge < -0.3 is 10.2 Å². The number of carbonyl (C=O) groups is 2. The highest BCUT2D eigenvalue weighted by Gasteiger charge is 2.14. The van der Waals surface area contributed by atoms with E-state index in [9.17, 15) is 9.59 Å². The normalized spacial score (nSPS) is 10.4. The third-order valence-electron chi connectivity index (χ3n) is 3.77. The summed E-state index contributed by atoms with van der Waals surface area (Å²) in [6.07, 6.45) is 0.275. The van der Waals surface area contributed by atoms with Crippen LogP contribution in [0.25, 0.3) is 0 Å². The molecule has 0 bridgehead atoms. The topological polar surface area (TPSA) is 49.4 Å². The second-order valence-corrected chi connectivity index (χ2v) is 6.63. The van der Waals surface area contributed by atoms with E-state index in [0.29, 0.717) is 23.1 Å². The summed E-state index contributed by atoms with van der Waals surface area (Å²) in [5.74, 6) is -0.184. The number of aryl methyl sites for hydroxylation is 1. The summed E-state index contributed by atoms with van der Waals surface area (Å²) in [6.45, 7) is 4.16. The molecule has 4 nitrogen and oxygen atoms in total. The molecular formula is C19H20Cl2N2O2. The number of hydrogen-bond acceptors (Lipinski definition) is 2. The molecule has 0 aliphatic heterocycles. The van der Waals surface area contributed by atoms with Crippen molar-refractivity contribution in [3.63, 3.8) is 0 Å². The van der Waals surface area contributed by atoms with Crippen molar-refractivity contribution in [2.45, 2.75) is 20.3 Å². The van der Waals surface area contributed by atoms with Crippen LogP contribution in [-0.2, 0) is 16.0 Å². The Kier molecular flexibility index (Phi) is 6.85. The number of halogens is 2. The number of rotatable bonds is 6. The van der Waals surface area contributed by atoms with Crippen LogP contribution >= 0.6 is 23.2 Å². The molecule has 6 heteroatoms. The molecule has 0 unspecified atom stereocenters. The maximum absolute atomic E-state index is 12.0. The average molecular weight is 379 g/mol. The molecule has 0 spiro atoms. The summed E-state index contributed by atoms with van der Waals surface area (Å²) >= 11 is 11.8. The smallest absolute Gasteiger partial charge is 0.224 e. The molecule has 1 N–H and O–H groups in total. The molecule has 2 amide bonds. The highest BCUT2D eigenvalue weighted by Crippen LogP contribution is 2.23. The van der Waals surface area contributed by atoms with E-state index in [1.54, 1.807) is 23.1 Å². The van der Waals surface area contributed by atoms with Crippen molar-refractivity contribution in [2.24, 2.45) is 0 Å². The Bertz CT molecular complexity index is 761.